The highest BCUT2D eigenvalue weighted by Crippen LogP contribution is 2.21. The van der Waals surface area contributed by atoms with Gasteiger partial charge in [0.05, 0.1) is 19.7 Å². The fraction of sp³-hybridized carbons (Fsp3) is 0.231. The SMILES string of the molecule is CCOC(=O)c1cc(OC(F)F)n(Cc2ccc(F)cc2F)n1.Cl.N=C(N)c1cc(OC(F)F)n(Cc2ccc(F)cc2F)n1. The fourth-order valence-corrected chi connectivity index (χ4v) is 3.46. The van der Waals surface area contributed by atoms with Crippen LogP contribution in [0.15, 0.2) is 48.5 Å². The lowest BCUT2D eigenvalue weighted by Crippen LogP contribution is -2.13. The maximum absolute atomic E-state index is 13.7. The summed E-state index contributed by atoms with van der Waals surface area (Å²) in [6.45, 7) is -5.23. The van der Waals surface area contributed by atoms with Gasteiger partial charge in [-0.3, -0.25) is 5.41 Å². The molecule has 2 aromatic heterocycles. The normalized spacial score (nSPS) is 10.6. The van der Waals surface area contributed by atoms with Crippen LogP contribution in [0, 0.1) is 28.7 Å². The van der Waals surface area contributed by atoms with Crippen molar-refractivity contribution in [3.05, 3.63) is 94.3 Å². The summed E-state index contributed by atoms with van der Waals surface area (Å²) in [5.41, 5.74) is 4.87. The molecule has 0 amide bonds. The molecule has 4 aromatic rings. The first-order chi connectivity index (χ1) is 20.8. The van der Waals surface area contributed by atoms with Crippen molar-refractivity contribution in [1.29, 1.82) is 5.41 Å². The van der Waals surface area contributed by atoms with Gasteiger partial charge in [0.2, 0.25) is 11.8 Å². The van der Waals surface area contributed by atoms with E-state index in [9.17, 15) is 39.9 Å². The molecule has 0 aliphatic rings. The van der Waals surface area contributed by atoms with Crippen LogP contribution in [0.3, 0.4) is 0 Å². The summed E-state index contributed by atoms with van der Waals surface area (Å²) < 4.78 is 117. The number of aromatic nitrogens is 4. The average molecular weight is 671 g/mol. The molecule has 10 nitrogen and oxygen atoms in total. The number of nitrogens with zero attached hydrogens (tertiary/aromatic N) is 4. The van der Waals surface area contributed by atoms with Crippen molar-refractivity contribution in [2.75, 3.05) is 6.61 Å². The first-order valence-electron chi connectivity index (χ1n) is 12.2. The van der Waals surface area contributed by atoms with Crippen molar-refractivity contribution in [3.63, 3.8) is 0 Å². The molecule has 45 heavy (non-hydrogen) atoms. The van der Waals surface area contributed by atoms with Gasteiger partial charge in [-0.05, 0) is 19.1 Å². The van der Waals surface area contributed by atoms with E-state index in [1.54, 1.807) is 6.92 Å². The summed E-state index contributed by atoms with van der Waals surface area (Å²) in [6.07, 6.45) is 0. The van der Waals surface area contributed by atoms with Gasteiger partial charge in [0.1, 0.15) is 34.8 Å². The zero-order valence-corrected chi connectivity index (χ0v) is 23.6. The number of halogens is 9. The maximum atomic E-state index is 13.7. The van der Waals surface area contributed by atoms with Crippen LogP contribution in [0.2, 0.25) is 0 Å². The van der Waals surface area contributed by atoms with E-state index in [2.05, 4.69) is 19.7 Å². The number of carbonyl (C=O) groups excluding carboxylic acids is 1. The number of alkyl halides is 4. The van der Waals surface area contributed by atoms with E-state index >= 15 is 0 Å². The number of nitrogen functional groups attached to an aromatic ring is 1. The van der Waals surface area contributed by atoms with E-state index in [0.717, 1.165) is 45.8 Å². The Bertz CT molecular complexity index is 1620. The highest BCUT2D eigenvalue weighted by atomic mass is 35.5. The Kier molecular flexibility index (Phi) is 13.1. The van der Waals surface area contributed by atoms with Gasteiger partial charge in [0, 0.05) is 35.4 Å². The first kappa shape index (κ1) is 36.3. The minimum Gasteiger partial charge on any atom is -0.461 e. The first-order valence-corrected chi connectivity index (χ1v) is 12.2. The standard InChI is InChI=1S/C14H12F4N2O3.C12H10F4N4O.ClH/c1-2-22-13(21)11-6-12(23-14(17)18)20(19-11)7-8-3-4-9(15)5-10(8)16;13-7-2-1-6(8(14)3-7)5-20-10(21-12(15)16)4-9(19-20)11(17)18;/h3-6,14H,2,7H2,1H3;1-4,12H,5H2,(H3,17,18);1H. The maximum Gasteiger partial charge on any atom is 0.388 e. The van der Waals surface area contributed by atoms with E-state index in [1.165, 1.54) is 0 Å². The number of carbonyl (C=O) groups is 1. The number of rotatable bonds is 11. The molecule has 2 aromatic carbocycles. The smallest absolute Gasteiger partial charge is 0.388 e. The summed E-state index contributed by atoms with van der Waals surface area (Å²) >= 11 is 0. The quantitative estimate of drug-likeness (QED) is 0.0933. The predicted octanol–water partition coefficient (Wildman–Crippen LogP) is 5.50. The van der Waals surface area contributed by atoms with Crippen LogP contribution in [-0.2, 0) is 17.8 Å². The molecule has 0 unspecified atom stereocenters. The van der Waals surface area contributed by atoms with Crippen molar-refractivity contribution < 1.29 is 54.1 Å². The molecule has 0 radical (unpaired) electrons. The van der Waals surface area contributed by atoms with Crippen LogP contribution in [0.5, 0.6) is 11.8 Å². The van der Waals surface area contributed by atoms with E-state index < -0.39 is 54.2 Å². The van der Waals surface area contributed by atoms with E-state index in [-0.39, 0.29) is 60.5 Å². The van der Waals surface area contributed by atoms with Crippen LogP contribution in [0.25, 0.3) is 0 Å². The number of hydrogen-bond donors (Lipinski definition) is 2. The summed E-state index contributed by atoms with van der Waals surface area (Å²) in [5.74, 6) is -5.35. The Morgan fingerprint density at radius 1 is 0.800 bits per heavy atom. The monoisotopic (exact) mass is 670 g/mol. The molecule has 3 N–H and O–H groups in total. The third-order valence-corrected chi connectivity index (χ3v) is 5.34. The third kappa shape index (κ3) is 10.4. The van der Waals surface area contributed by atoms with E-state index in [4.69, 9.17) is 15.9 Å². The van der Waals surface area contributed by atoms with E-state index in [1.807, 2.05) is 0 Å². The molecule has 244 valence electrons. The second-order valence-electron chi connectivity index (χ2n) is 8.41. The van der Waals surface area contributed by atoms with Gasteiger partial charge in [0.25, 0.3) is 0 Å². The molecule has 0 bridgehead atoms. The second kappa shape index (κ2) is 16.3. The molecular weight excluding hydrogens is 648 g/mol. The number of hydrogen-bond acceptors (Lipinski definition) is 7. The van der Waals surface area contributed by atoms with Crippen LogP contribution < -0.4 is 15.2 Å². The molecule has 0 spiro atoms. The van der Waals surface area contributed by atoms with Crippen molar-refractivity contribution in [1.82, 2.24) is 19.6 Å². The third-order valence-electron chi connectivity index (χ3n) is 5.34. The molecular formula is C26H23ClF8N6O4. The van der Waals surface area contributed by atoms with Crippen molar-refractivity contribution >= 4 is 24.2 Å². The fourth-order valence-electron chi connectivity index (χ4n) is 3.46. The molecule has 0 atom stereocenters. The minimum absolute atomic E-state index is 0. The van der Waals surface area contributed by atoms with Gasteiger partial charge < -0.3 is 19.9 Å². The van der Waals surface area contributed by atoms with Crippen molar-refractivity contribution in [2.45, 2.75) is 33.2 Å². The lowest BCUT2D eigenvalue weighted by atomic mass is 10.2. The molecule has 0 saturated carbocycles. The Morgan fingerprint density at radius 3 is 1.60 bits per heavy atom. The predicted molar refractivity (Wildman–Crippen MR) is 143 cm³/mol. The number of nitrogens with one attached hydrogen (secondary N) is 1. The zero-order chi connectivity index (χ0) is 32.6. The highest BCUT2D eigenvalue weighted by Gasteiger charge is 2.20. The number of esters is 1. The van der Waals surface area contributed by atoms with Gasteiger partial charge in [-0.1, -0.05) is 12.1 Å². The van der Waals surface area contributed by atoms with Crippen LogP contribution >= 0.6 is 12.4 Å². The van der Waals surface area contributed by atoms with E-state index in [0.29, 0.717) is 12.1 Å². The topological polar surface area (TPSA) is 130 Å². The lowest BCUT2D eigenvalue weighted by molar-refractivity contribution is -0.0563. The van der Waals surface area contributed by atoms with Gasteiger partial charge in [0.15, 0.2) is 5.69 Å². The average Bonchev–Trinajstić information content (AvgIpc) is 3.51. The van der Waals surface area contributed by atoms with Gasteiger partial charge in [-0.15, -0.1) is 12.4 Å². The second-order valence-corrected chi connectivity index (χ2v) is 8.41. The molecule has 0 aliphatic heterocycles. The van der Waals surface area contributed by atoms with Crippen molar-refractivity contribution in [3.8, 4) is 11.8 Å². The van der Waals surface area contributed by atoms with Gasteiger partial charge in [-0.2, -0.15) is 27.8 Å². The van der Waals surface area contributed by atoms with Crippen LogP contribution in [-0.4, -0.2) is 51.2 Å². The Labute approximate surface area is 255 Å². The highest BCUT2D eigenvalue weighted by molar-refractivity contribution is 5.93. The van der Waals surface area contributed by atoms with Crippen molar-refractivity contribution in [2.24, 2.45) is 5.73 Å². The summed E-state index contributed by atoms with van der Waals surface area (Å²) in [5, 5.41) is 14.7. The largest absolute Gasteiger partial charge is 0.461 e. The molecule has 0 saturated heterocycles. The molecule has 4 rings (SSSR count). The van der Waals surface area contributed by atoms with Gasteiger partial charge in [-0.25, -0.2) is 31.7 Å². The molecule has 0 aliphatic carbocycles. The molecule has 0 fully saturated rings. The Morgan fingerprint density at radius 2 is 1.22 bits per heavy atom. The number of ether oxygens (including phenoxy) is 3. The van der Waals surface area contributed by atoms with Crippen LogP contribution in [0.4, 0.5) is 35.1 Å². The lowest BCUT2D eigenvalue weighted by Gasteiger charge is -2.08. The number of benzene rings is 2. The number of nitrogens with two attached hydrogens (primary N) is 1. The minimum atomic E-state index is -3.15. The van der Waals surface area contributed by atoms with Crippen LogP contribution in [0.1, 0.15) is 34.2 Å². The summed E-state index contributed by atoms with van der Waals surface area (Å²) in [4.78, 5) is 11.6. The zero-order valence-electron chi connectivity index (χ0n) is 22.8. The summed E-state index contributed by atoms with van der Waals surface area (Å²) in [7, 11) is 0. The molecule has 19 heteroatoms. The number of amidine groups is 1. The Balaban J connectivity index is 0.000000308. The molecule has 2 heterocycles. The Hall–Kier alpha value is -4.87. The van der Waals surface area contributed by atoms with Gasteiger partial charge >= 0.3 is 19.2 Å². The summed E-state index contributed by atoms with van der Waals surface area (Å²) in [6, 6.07) is 7.66.